The second-order valence-electron chi connectivity index (χ2n) is 6.29. The average molecular weight is 331 g/mol. The third kappa shape index (κ3) is 10.8. The molecule has 0 aromatic carbocycles. The van der Waals surface area contributed by atoms with Gasteiger partial charge in [0, 0.05) is 12.1 Å². The molecule has 4 nitrogen and oxygen atoms in total. The van der Waals surface area contributed by atoms with Crippen molar-refractivity contribution in [2.24, 2.45) is 0 Å². The molecule has 0 aliphatic rings. The van der Waals surface area contributed by atoms with Crippen molar-refractivity contribution in [2.75, 3.05) is 13.2 Å². The van der Waals surface area contributed by atoms with Crippen LogP contribution in [0.2, 0.25) is 24.7 Å². The van der Waals surface area contributed by atoms with Gasteiger partial charge in [-0.05, 0) is 13.8 Å². The lowest BCUT2D eigenvalue weighted by molar-refractivity contribution is -0.140. The van der Waals surface area contributed by atoms with E-state index < -0.39 is 8.07 Å². The predicted molar refractivity (Wildman–Crippen MR) is 92.7 cm³/mol. The van der Waals surface area contributed by atoms with Crippen LogP contribution in [0.25, 0.3) is 0 Å². The molecule has 0 aliphatic carbocycles. The van der Waals surface area contributed by atoms with Crippen LogP contribution in [0.15, 0.2) is 0 Å². The second-order valence-corrected chi connectivity index (χ2v) is 11.1. The van der Waals surface area contributed by atoms with Crippen molar-refractivity contribution >= 4 is 20.0 Å². The van der Waals surface area contributed by atoms with Crippen LogP contribution in [0.4, 0.5) is 0 Å². The van der Waals surface area contributed by atoms with Gasteiger partial charge in [-0.1, -0.05) is 58.0 Å². The molecule has 0 saturated carbocycles. The molecule has 0 heterocycles. The van der Waals surface area contributed by atoms with Crippen molar-refractivity contribution in [1.82, 2.24) is 0 Å². The van der Waals surface area contributed by atoms with E-state index in [-0.39, 0.29) is 11.9 Å². The fraction of sp³-hybridized carbons (Fsp3) is 0.882. The highest BCUT2D eigenvalue weighted by molar-refractivity contribution is 6.83. The average Bonchev–Trinajstić information content (AvgIpc) is 2.42. The van der Waals surface area contributed by atoms with E-state index in [2.05, 4.69) is 13.5 Å². The third-order valence-corrected chi connectivity index (χ3v) is 7.73. The Morgan fingerprint density at radius 2 is 1.23 bits per heavy atom. The maximum absolute atomic E-state index is 11.8. The van der Waals surface area contributed by atoms with Crippen LogP contribution in [0, 0.1) is 0 Å². The summed E-state index contributed by atoms with van der Waals surface area (Å²) in [6, 6.07) is 1.85. The number of ether oxygens (including phenoxy) is 2. The Bertz CT molecular complexity index is 298. The monoisotopic (exact) mass is 330 g/mol. The van der Waals surface area contributed by atoms with Gasteiger partial charge < -0.3 is 9.47 Å². The zero-order valence-electron chi connectivity index (χ0n) is 14.9. The summed E-state index contributed by atoms with van der Waals surface area (Å²) in [6.07, 6.45) is 7.36. The summed E-state index contributed by atoms with van der Waals surface area (Å²) in [5, 5.41) is 0. The predicted octanol–water partition coefficient (Wildman–Crippen LogP) is 4.55. The van der Waals surface area contributed by atoms with Crippen LogP contribution < -0.4 is 0 Å². The minimum Gasteiger partial charge on any atom is -0.466 e. The first-order valence-electron chi connectivity index (χ1n) is 8.78. The molecule has 0 bridgehead atoms. The van der Waals surface area contributed by atoms with E-state index in [0.29, 0.717) is 25.3 Å². The third-order valence-electron chi connectivity index (χ3n) is 3.89. The molecular weight excluding hydrogens is 296 g/mol. The number of hydrogen-bond acceptors (Lipinski definition) is 4. The Balaban J connectivity index is 4.37. The van der Waals surface area contributed by atoms with Crippen LogP contribution in [-0.2, 0) is 19.1 Å². The standard InChI is InChI=1S/C17H34O4Si/c1-5-8-9-10-11-12-13-22(4,14-16(18)20-6-2)15-17(19)21-7-3/h5-15H2,1-4H3. The maximum atomic E-state index is 11.8. The fourth-order valence-electron chi connectivity index (χ4n) is 2.69. The highest BCUT2D eigenvalue weighted by Gasteiger charge is 2.33. The SMILES string of the molecule is CCCCCCCC[Si](C)(CC(=O)OCC)CC(=O)OCC. The van der Waals surface area contributed by atoms with Crippen molar-refractivity contribution in [3.63, 3.8) is 0 Å². The maximum Gasteiger partial charge on any atom is 0.303 e. The first kappa shape index (κ1) is 21.2. The molecule has 0 unspecified atom stereocenters. The highest BCUT2D eigenvalue weighted by Crippen LogP contribution is 2.26. The van der Waals surface area contributed by atoms with Gasteiger partial charge in [0.25, 0.3) is 0 Å². The lowest BCUT2D eigenvalue weighted by atomic mass is 10.1. The minimum absolute atomic E-state index is 0.160. The molecule has 0 aromatic rings. The first-order chi connectivity index (χ1) is 10.5. The number of carbonyl (C=O) groups excluding carboxylic acids is 2. The summed E-state index contributed by atoms with van der Waals surface area (Å²) in [7, 11) is -1.97. The summed E-state index contributed by atoms with van der Waals surface area (Å²) < 4.78 is 10.2. The van der Waals surface area contributed by atoms with Crippen LogP contribution in [-0.4, -0.2) is 33.2 Å². The molecule has 0 saturated heterocycles. The van der Waals surface area contributed by atoms with Gasteiger partial charge in [-0.25, -0.2) is 0 Å². The molecule has 0 aromatic heterocycles. The molecule has 0 N–H and O–H groups in total. The normalized spacial score (nSPS) is 11.3. The minimum atomic E-state index is -1.97. The van der Waals surface area contributed by atoms with E-state index in [1.165, 1.54) is 32.1 Å². The van der Waals surface area contributed by atoms with Crippen LogP contribution in [0.1, 0.15) is 59.3 Å². The molecule has 22 heavy (non-hydrogen) atoms. The number of esters is 2. The Morgan fingerprint density at radius 1 is 0.773 bits per heavy atom. The van der Waals surface area contributed by atoms with E-state index in [0.717, 1.165) is 12.5 Å². The van der Waals surface area contributed by atoms with Crippen molar-refractivity contribution in [3.05, 3.63) is 0 Å². The van der Waals surface area contributed by atoms with Crippen molar-refractivity contribution in [3.8, 4) is 0 Å². The van der Waals surface area contributed by atoms with E-state index in [1.54, 1.807) is 0 Å². The number of rotatable bonds is 13. The lowest BCUT2D eigenvalue weighted by Gasteiger charge is -2.25. The molecule has 0 radical (unpaired) electrons. The van der Waals surface area contributed by atoms with Crippen molar-refractivity contribution < 1.29 is 19.1 Å². The Labute approximate surface area is 137 Å². The van der Waals surface area contributed by atoms with Gasteiger partial charge in [-0.3, -0.25) is 9.59 Å². The number of carbonyl (C=O) groups is 2. The molecule has 0 atom stereocenters. The zero-order chi connectivity index (χ0) is 16.8. The van der Waals surface area contributed by atoms with E-state index in [4.69, 9.17) is 9.47 Å². The van der Waals surface area contributed by atoms with Crippen molar-refractivity contribution in [2.45, 2.75) is 84.0 Å². The largest absolute Gasteiger partial charge is 0.466 e. The van der Waals surface area contributed by atoms with E-state index >= 15 is 0 Å². The summed E-state index contributed by atoms with van der Waals surface area (Å²) in [5.74, 6) is -0.320. The van der Waals surface area contributed by atoms with Gasteiger partial charge in [0.1, 0.15) is 0 Å². The van der Waals surface area contributed by atoms with Gasteiger partial charge in [-0.2, -0.15) is 0 Å². The van der Waals surface area contributed by atoms with Gasteiger partial charge in [0.2, 0.25) is 0 Å². The van der Waals surface area contributed by atoms with Gasteiger partial charge in [0.15, 0.2) is 0 Å². The number of hydrogen-bond donors (Lipinski definition) is 0. The lowest BCUT2D eigenvalue weighted by Crippen LogP contribution is -2.36. The first-order valence-corrected chi connectivity index (χ1v) is 11.9. The van der Waals surface area contributed by atoms with Gasteiger partial charge >= 0.3 is 11.9 Å². The van der Waals surface area contributed by atoms with Gasteiger partial charge in [0.05, 0.1) is 21.3 Å². The smallest absolute Gasteiger partial charge is 0.303 e. The molecule has 5 heteroatoms. The molecular formula is C17H34O4Si. The fourth-order valence-corrected chi connectivity index (χ4v) is 5.87. The Kier molecular flexibility index (Phi) is 12.2. The Morgan fingerprint density at radius 3 is 1.68 bits per heavy atom. The zero-order valence-corrected chi connectivity index (χ0v) is 15.9. The Hall–Kier alpha value is -0.843. The van der Waals surface area contributed by atoms with Crippen LogP contribution >= 0.6 is 0 Å². The molecule has 0 spiro atoms. The molecule has 0 amide bonds. The summed E-state index contributed by atoms with van der Waals surface area (Å²) in [4.78, 5) is 23.7. The highest BCUT2D eigenvalue weighted by atomic mass is 28.3. The summed E-state index contributed by atoms with van der Waals surface area (Å²) in [6.45, 7) is 8.78. The molecule has 0 aliphatic heterocycles. The molecule has 0 fully saturated rings. The van der Waals surface area contributed by atoms with Crippen LogP contribution in [0.3, 0.4) is 0 Å². The quantitative estimate of drug-likeness (QED) is 0.282. The second kappa shape index (κ2) is 12.7. The van der Waals surface area contributed by atoms with Gasteiger partial charge in [-0.15, -0.1) is 0 Å². The molecule has 0 rings (SSSR count). The van der Waals surface area contributed by atoms with E-state index in [1.807, 2.05) is 13.8 Å². The number of unbranched alkanes of at least 4 members (excludes halogenated alkanes) is 5. The van der Waals surface area contributed by atoms with Crippen molar-refractivity contribution in [1.29, 1.82) is 0 Å². The summed E-state index contributed by atoms with van der Waals surface area (Å²) in [5.41, 5.74) is 0. The summed E-state index contributed by atoms with van der Waals surface area (Å²) >= 11 is 0. The van der Waals surface area contributed by atoms with E-state index in [9.17, 15) is 9.59 Å². The van der Waals surface area contributed by atoms with Crippen LogP contribution in [0.5, 0.6) is 0 Å². The molecule has 130 valence electrons. The topological polar surface area (TPSA) is 52.6 Å².